The quantitative estimate of drug-likeness (QED) is 0.568. The first-order valence-corrected chi connectivity index (χ1v) is 7.41. The average Bonchev–Trinajstić information content (AvgIpc) is 2.34. The molecule has 17 heavy (non-hydrogen) atoms. The summed E-state index contributed by atoms with van der Waals surface area (Å²) >= 11 is 0. The Hall–Kier alpha value is -0.780. The molecule has 0 aliphatic carbocycles. The van der Waals surface area contributed by atoms with E-state index >= 15 is 0 Å². The van der Waals surface area contributed by atoms with Crippen LogP contribution >= 0.6 is 0 Å². The molecule has 0 unspecified atom stereocenters. The first-order valence-electron chi connectivity index (χ1n) is 7.41. The lowest BCUT2D eigenvalue weighted by atomic mass is 9.97. The van der Waals surface area contributed by atoms with E-state index in [4.69, 9.17) is 0 Å². The van der Waals surface area contributed by atoms with Gasteiger partial charge in [-0.25, -0.2) is 0 Å². The maximum atomic E-state index is 2.44. The maximum absolute atomic E-state index is 2.44. The number of hydrogen-bond acceptors (Lipinski definition) is 0. The lowest BCUT2D eigenvalue weighted by molar-refractivity contribution is 0.776. The summed E-state index contributed by atoms with van der Waals surface area (Å²) in [6.45, 7) is 6.81. The van der Waals surface area contributed by atoms with E-state index in [-0.39, 0.29) is 0 Å². The summed E-state index contributed by atoms with van der Waals surface area (Å²) in [5.41, 5.74) is 4.67. The number of rotatable bonds is 8. The lowest BCUT2D eigenvalue weighted by Crippen LogP contribution is -1.94. The Morgan fingerprint density at radius 3 is 1.35 bits per heavy atom. The van der Waals surface area contributed by atoms with Crippen molar-refractivity contribution < 1.29 is 0 Å². The Morgan fingerprint density at radius 1 is 0.588 bits per heavy atom. The summed E-state index contributed by atoms with van der Waals surface area (Å²) in [6.07, 6.45) is 10.2. The minimum absolute atomic E-state index is 1.24. The van der Waals surface area contributed by atoms with Crippen LogP contribution in [0.3, 0.4) is 0 Å². The smallest absolute Gasteiger partial charge is 0.0279 e. The van der Waals surface area contributed by atoms with Gasteiger partial charge >= 0.3 is 0 Å². The molecule has 0 heteroatoms. The number of benzene rings is 1. The van der Waals surface area contributed by atoms with E-state index in [1.807, 2.05) is 0 Å². The van der Waals surface area contributed by atoms with Crippen molar-refractivity contribution in [3.63, 3.8) is 0 Å². The fraction of sp³-hybridized carbons (Fsp3) is 0.647. The second kappa shape index (κ2) is 8.33. The van der Waals surface area contributed by atoms with E-state index in [9.17, 15) is 0 Å². The average molecular weight is 232 g/mol. The van der Waals surface area contributed by atoms with Crippen LogP contribution in [0.2, 0.25) is 0 Å². The van der Waals surface area contributed by atoms with Gasteiger partial charge in [-0.15, -0.1) is 0 Å². The molecule has 1 aromatic rings. The van der Waals surface area contributed by atoms with Crippen LogP contribution in [0.1, 0.15) is 69.6 Å². The largest absolute Gasteiger partial charge is 0.0654 e. The van der Waals surface area contributed by atoms with E-state index < -0.39 is 0 Å². The van der Waals surface area contributed by atoms with Gasteiger partial charge in [-0.3, -0.25) is 0 Å². The third kappa shape index (κ3) is 5.39. The third-order valence-electron chi connectivity index (χ3n) is 3.29. The second-order valence-electron chi connectivity index (χ2n) is 5.11. The van der Waals surface area contributed by atoms with Crippen LogP contribution in [0.15, 0.2) is 18.2 Å². The lowest BCUT2D eigenvalue weighted by Gasteiger charge is -2.09. The standard InChI is InChI=1S/C17H28/c1-4-7-10-16-12-15(9-6-3)13-17(14-16)11-8-5-2/h12-14H,4-11H2,1-3H3. The van der Waals surface area contributed by atoms with Gasteiger partial charge in [0.2, 0.25) is 0 Å². The van der Waals surface area contributed by atoms with Gasteiger partial charge in [0.15, 0.2) is 0 Å². The van der Waals surface area contributed by atoms with Crippen LogP contribution in [0.4, 0.5) is 0 Å². The van der Waals surface area contributed by atoms with E-state index in [0.717, 1.165) is 0 Å². The molecule has 0 bridgehead atoms. The van der Waals surface area contributed by atoms with Gasteiger partial charge in [-0.1, -0.05) is 58.2 Å². The van der Waals surface area contributed by atoms with E-state index in [0.29, 0.717) is 0 Å². The third-order valence-corrected chi connectivity index (χ3v) is 3.29. The zero-order valence-electron chi connectivity index (χ0n) is 11.9. The van der Waals surface area contributed by atoms with Crippen LogP contribution in [0.5, 0.6) is 0 Å². The predicted molar refractivity (Wildman–Crippen MR) is 77.7 cm³/mol. The molecule has 0 spiro atoms. The molecule has 0 atom stereocenters. The van der Waals surface area contributed by atoms with Gasteiger partial charge in [0, 0.05) is 0 Å². The molecule has 0 fully saturated rings. The summed E-state index contributed by atoms with van der Waals surface area (Å²) in [7, 11) is 0. The predicted octanol–water partition coefficient (Wildman–Crippen LogP) is 5.32. The highest BCUT2D eigenvalue weighted by Gasteiger charge is 2.01. The van der Waals surface area contributed by atoms with Crippen molar-refractivity contribution in [1.82, 2.24) is 0 Å². The number of aryl methyl sites for hydroxylation is 3. The van der Waals surface area contributed by atoms with Gasteiger partial charge in [0.05, 0.1) is 0 Å². The highest BCUT2D eigenvalue weighted by molar-refractivity contribution is 5.30. The van der Waals surface area contributed by atoms with Gasteiger partial charge in [-0.05, 0) is 48.8 Å². The van der Waals surface area contributed by atoms with Crippen molar-refractivity contribution in [2.75, 3.05) is 0 Å². The van der Waals surface area contributed by atoms with Gasteiger partial charge in [0.25, 0.3) is 0 Å². The van der Waals surface area contributed by atoms with E-state index in [2.05, 4.69) is 39.0 Å². The van der Waals surface area contributed by atoms with Crippen molar-refractivity contribution in [2.45, 2.75) is 72.1 Å². The zero-order valence-corrected chi connectivity index (χ0v) is 11.9. The fourth-order valence-electron chi connectivity index (χ4n) is 2.32. The van der Waals surface area contributed by atoms with Crippen molar-refractivity contribution in [3.8, 4) is 0 Å². The minimum Gasteiger partial charge on any atom is -0.0654 e. The fourth-order valence-corrected chi connectivity index (χ4v) is 2.32. The molecule has 1 rings (SSSR count). The summed E-state index contributed by atoms with van der Waals surface area (Å²) < 4.78 is 0. The van der Waals surface area contributed by atoms with Crippen LogP contribution in [-0.4, -0.2) is 0 Å². The number of unbranched alkanes of at least 4 members (excludes halogenated alkanes) is 2. The topological polar surface area (TPSA) is 0 Å². The summed E-state index contributed by atoms with van der Waals surface area (Å²) in [6, 6.07) is 7.29. The molecular weight excluding hydrogens is 204 g/mol. The molecule has 0 heterocycles. The van der Waals surface area contributed by atoms with Crippen LogP contribution in [0, 0.1) is 0 Å². The molecule has 0 radical (unpaired) electrons. The van der Waals surface area contributed by atoms with E-state index in [1.165, 1.54) is 51.4 Å². The molecule has 0 N–H and O–H groups in total. The Morgan fingerprint density at radius 2 is 1.00 bits per heavy atom. The van der Waals surface area contributed by atoms with E-state index in [1.54, 1.807) is 16.7 Å². The molecule has 0 aromatic heterocycles. The zero-order chi connectivity index (χ0) is 12.5. The first-order chi connectivity index (χ1) is 8.30. The summed E-state index contributed by atoms with van der Waals surface area (Å²) in [5.74, 6) is 0. The van der Waals surface area contributed by atoms with Crippen LogP contribution in [0.25, 0.3) is 0 Å². The van der Waals surface area contributed by atoms with Crippen molar-refractivity contribution in [2.24, 2.45) is 0 Å². The Kier molecular flexibility index (Phi) is 7.00. The first kappa shape index (κ1) is 14.3. The normalized spacial score (nSPS) is 10.8. The van der Waals surface area contributed by atoms with Gasteiger partial charge in [-0.2, -0.15) is 0 Å². The monoisotopic (exact) mass is 232 g/mol. The maximum Gasteiger partial charge on any atom is -0.0279 e. The minimum atomic E-state index is 1.24. The molecule has 0 saturated carbocycles. The Labute approximate surface area is 107 Å². The SMILES string of the molecule is CCCCc1cc(CCC)cc(CCCC)c1. The summed E-state index contributed by atoms with van der Waals surface area (Å²) in [4.78, 5) is 0. The number of hydrogen-bond donors (Lipinski definition) is 0. The molecule has 1 aromatic carbocycles. The molecule has 0 aliphatic rings. The molecular formula is C17H28. The van der Waals surface area contributed by atoms with Crippen molar-refractivity contribution in [3.05, 3.63) is 34.9 Å². The van der Waals surface area contributed by atoms with Crippen molar-refractivity contribution >= 4 is 0 Å². The Balaban J connectivity index is 2.76. The molecule has 0 saturated heterocycles. The molecule has 0 nitrogen and oxygen atoms in total. The molecule has 0 aliphatic heterocycles. The molecule has 96 valence electrons. The highest BCUT2D eigenvalue weighted by atomic mass is 14.1. The highest BCUT2D eigenvalue weighted by Crippen LogP contribution is 2.16. The van der Waals surface area contributed by atoms with Gasteiger partial charge in [0.1, 0.15) is 0 Å². The second-order valence-corrected chi connectivity index (χ2v) is 5.11. The van der Waals surface area contributed by atoms with Gasteiger partial charge < -0.3 is 0 Å². The van der Waals surface area contributed by atoms with Crippen LogP contribution < -0.4 is 0 Å². The van der Waals surface area contributed by atoms with Crippen LogP contribution in [-0.2, 0) is 19.3 Å². The summed E-state index contributed by atoms with van der Waals surface area (Å²) in [5, 5.41) is 0. The van der Waals surface area contributed by atoms with Crippen molar-refractivity contribution in [1.29, 1.82) is 0 Å². The Bertz CT molecular complexity index is 286. The molecule has 0 amide bonds.